The molecule has 1 aliphatic rings. The molecule has 160 valence electrons. The first-order valence-corrected chi connectivity index (χ1v) is 11.3. The van der Waals surface area contributed by atoms with Crippen LogP contribution in [0.1, 0.15) is 50.2 Å². The van der Waals surface area contributed by atoms with Crippen molar-refractivity contribution >= 4 is 23.3 Å². The zero-order valence-electron chi connectivity index (χ0n) is 17.3. The molecule has 0 saturated carbocycles. The van der Waals surface area contributed by atoms with E-state index in [0.717, 1.165) is 54.9 Å². The normalized spacial score (nSPS) is 12.5. The Morgan fingerprint density at radius 1 is 1.06 bits per heavy atom. The molecular weight excluding hydrogens is 410 g/mol. The molecule has 1 amide bonds. The second-order valence-electron chi connectivity index (χ2n) is 7.57. The first-order chi connectivity index (χ1) is 15.2. The fourth-order valence-electron chi connectivity index (χ4n) is 3.59. The molecule has 0 saturated heterocycles. The van der Waals surface area contributed by atoms with Gasteiger partial charge in [0.1, 0.15) is 5.01 Å². The van der Waals surface area contributed by atoms with Crippen LogP contribution in [0.25, 0.3) is 6.08 Å². The maximum Gasteiger partial charge on any atom is 0.282 e. The van der Waals surface area contributed by atoms with Crippen molar-refractivity contribution in [3.8, 4) is 0 Å². The van der Waals surface area contributed by atoms with E-state index in [-0.39, 0.29) is 19.1 Å². The van der Waals surface area contributed by atoms with Crippen molar-refractivity contribution < 1.29 is 9.90 Å². The molecule has 4 rings (SSSR count). The van der Waals surface area contributed by atoms with Gasteiger partial charge in [0.2, 0.25) is 5.01 Å². The topological polar surface area (TPSA) is 101 Å². The van der Waals surface area contributed by atoms with E-state index in [9.17, 15) is 4.79 Å². The number of hydrogen-bond donors (Lipinski definition) is 2. The molecular formula is C23H25N5O2S. The van der Waals surface area contributed by atoms with Gasteiger partial charge in [-0.15, -0.1) is 10.2 Å². The van der Waals surface area contributed by atoms with Crippen LogP contribution in [0, 0.1) is 0 Å². The number of fused-ring (bicyclic) bond motifs is 1. The monoisotopic (exact) mass is 435 g/mol. The quantitative estimate of drug-likeness (QED) is 0.475. The number of nitrogens with one attached hydrogen (secondary N) is 1. The molecule has 8 heteroatoms. The third-order valence-electron chi connectivity index (χ3n) is 5.11. The zero-order chi connectivity index (χ0) is 21.5. The SMILES string of the molecule is O=C(NCCO)c1nnc(CCCCc2cc3c(nn2)CC(Cc2ccccc2)=C3)s1. The smallest absolute Gasteiger partial charge is 0.282 e. The van der Waals surface area contributed by atoms with E-state index in [2.05, 4.69) is 62.1 Å². The van der Waals surface area contributed by atoms with Crippen LogP contribution in [0.3, 0.4) is 0 Å². The van der Waals surface area contributed by atoms with E-state index in [1.807, 2.05) is 6.07 Å². The highest BCUT2D eigenvalue weighted by Crippen LogP contribution is 2.26. The summed E-state index contributed by atoms with van der Waals surface area (Å²) in [6, 6.07) is 12.7. The van der Waals surface area contributed by atoms with Crippen LogP contribution < -0.4 is 5.32 Å². The molecule has 31 heavy (non-hydrogen) atoms. The molecule has 0 spiro atoms. The van der Waals surface area contributed by atoms with Crippen LogP contribution in [0.15, 0.2) is 42.0 Å². The lowest BCUT2D eigenvalue weighted by Crippen LogP contribution is -2.26. The van der Waals surface area contributed by atoms with E-state index >= 15 is 0 Å². The summed E-state index contributed by atoms with van der Waals surface area (Å²) in [5.74, 6) is -0.286. The van der Waals surface area contributed by atoms with Crippen LogP contribution in [0.2, 0.25) is 0 Å². The molecule has 0 radical (unpaired) electrons. The number of hydrogen-bond acceptors (Lipinski definition) is 7. The van der Waals surface area contributed by atoms with Gasteiger partial charge in [0.05, 0.1) is 18.0 Å². The number of amides is 1. The van der Waals surface area contributed by atoms with Crippen molar-refractivity contribution in [3.63, 3.8) is 0 Å². The van der Waals surface area contributed by atoms with Gasteiger partial charge in [-0.1, -0.05) is 53.3 Å². The highest BCUT2D eigenvalue weighted by atomic mass is 32.1. The molecule has 0 aliphatic heterocycles. The molecule has 0 bridgehead atoms. The lowest BCUT2D eigenvalue weighted by molar-refractivity contribution is 0.0943. The van der Waals surface area contributed by atoms with Crippen LogP contribution in [0.5, 0.6) is 0 Å². The predicted octanol–water partition coefficient (Wildman–Crippen LogP) is 2.80. The van der Waals surface area contributed by atoms with E-state index < -0.39 is 0 Å². The van der Waals surface area contributed by atoms with E-state index in [1.165, 1.54) is 28.0 Å². The van der Waals surface area contributed by atoms with E-state index in [0.29, 0.717) is 5.01 Å². The molecule has 2 N–H and O–H groups in total. The van der Waals surface area contributed by atoms with Gasteiger partial charge in [-0.05, 0) is 42.9 Å². The summed E-state index contributed by atoms with van der Waals surface area (Å²) in [6.45, 7) is 0.131. The Morgan fingerprint density at radius 3 is 2.74 bits per heavy atom. The second-order valence-corrected chi connectivity index (χ2v) is 8.63. The minimum absolute atomic E-state index is 0.0902. The Morgan fingerprint density at radius 2 is 1.90 bits per heavy atom. The lowest BCUT2D eigenvalue weighted by Gasteiger charge is -2.03. The maximum absolute atomic E-state index is 11.8. The molecule has 0 atom stereocenters. The van der Waals surface area contributed by atoms with Gasteiger partial charge in [0.15, 0.2) is 0 Å². The number of benzene rings is 1. The molecule has 1 aliphatic carbocycles. The molecule has 2 aromatic heterocycles. The third-order valence-corrected chi connectivity index (χ3v) is 6.10. The summed E-state index contributed by atoms with van der Waals surface area (Å²) in [6.07, 6.45) is 7.65. The van der Waals surface area contributed by atoms with Crippen molar-refractivity contribution in [2.24, 2.45) is 0 Å². The number of aryl methyl sites for hydroxylation is 2. The number of carbonyl (C=O) groups is 1. The molecule has 0 unspecified atom stereocenters. The minimum atomic E-state index is -0.286. The van der Waals surface area contributed by atoms with Crippen LogP contribution in [-0.2, 0) is 25.7 Å². The van der Waals surface area contributed by atoms with Gasteiger partial charge >= 0.3 is 0 Å². The number of carbonyl (C=O) groups excluding carboxylic acids is 1. The lowest BCUT2D eigenvalue weighted by atomic mass is 10.0. The Bertz CT molecular complexity index is 1060. The van der Waals surface area contributed by atoms with Gasteiger partial charge < -0.3 is 10.4 Å². The number of unbranched alkanes of at least 4 members (excludes halogenated alkanes) is 1. The zero-order valence-corrected chi connectivity index (χ0v) is 18.1. The number of nitrogens with zero attached hydrogens (tertiary/aromatic N) is 4. The summed E-state index contributed by atoms with van der Waals surface area (Å²) in [5.41, 5.74) is 5.97. The fraction of sp³-hybridized carbons (Fsp3) is 0.348. The fourth-order valence-corrected chi connectivity index (χ4v) is 4.39. The van der Waals surface area contributed by atoms with Gasteiger partial charge in [0.25, 0.3) is 5.91 Å². The summed E-state index contributed by atoms with van der Waals surface area (Å²) in [5, 5.41) is 29.4. The number of aliphatic hydroxyl groups is 1. The first-order valence-electron chi connectivity index (χ1n) is 10.5. The summed E-state index contributed by atoms with van der Waals surface area (Å²) >= 11 is 1.30. The van der Waals surface area contributed by atoms with Gasteiger partial charge in [-0.2, -0.15) is 10.2 Å². The van der Waals surface area contributed by atoms with Gasteiger partial charge in [-0.25, -0.2) is 0 Å². The van der Waals surface area contributed by atoms with Crippen LogP contribution in [-0.4, -0.2) is 44.6 Å². The Kier molecular flexibility index (Phi) is 7.11. The van der Waals surface area contributed by atoms with Crippen molar-refractivity contribution in [1.29, 1.82) is 0 Å². The standard InChI is InChI=1S/C23H25N5O2S/c29-11-10-24-22(30)23-28-27-21(31-23)9-5-4-8-19-15-18-13-17(14-20(18)26-25-19)12-16-6-2-1-3-7-16/h1-3,6-7,13,15,29H,4-5,8-12,14H2,(H,24,30). The number of rotatable bonds is 10. The van der Waals surface area contributed by atoms with Crippen LogP contribution in [0.4, 0.5) is 0 Å². The van der Waals surface area contributed by atoms with E-state index in [1.54, 1.807) is 0 Å². The van der Waals surface area contributed by atoms with Crippen molar-refractivity contribution in [2.75, 3.05) is 13.2 Å². The predicted molar refractivity (Wildman–Crippen MR) is 120 cm³/mol. The van der Waals surface area contributed by atoms with Crippen molar-refractivity contribution in [2.45, 2.75) is 38.5 Å². The highest BCUT2D eigenvalue weighted by molar-refractivity contribution is 7.13. The Hall–Kier alpha value is -2.97. The maximum atomic E-state index is 11.8. The average molecular weight is 436 g/mol. The summed E-state index contributed by atoms with van der Waals surface area (Å²) < 4.78 is 0. The van der Waals surface area contributed by atoms with Crippen molar-refractivity contribution in [3.05, 3.63) is 74.5 Å². The molecule has 7 nitrogen and oxygen atoms in total. The van der Waals surface area contributed by atoms with Crippen molar-refractivity contribution in [1.82, 2.24) is 25.7 Å². The highest BCUT2D eigenvalue weighted by Gasteiger charge is 2.16. The van der Waals surface area contributed by atoms with Gasteiger partial charge in [0, 0.05) is 19.4 Å². The van der Waals surface area contributed by atoms with E-state index in [4.69, 9.17) is 5.11 Å². The summed E-state index contributed by atoms with van der Waals surface area (Å²) in [4.78, 5) is 11.8. The molecule has 3 aromatic rings. The molecule has 0 fully saturated rings. The largest absolute Gasteiger partial charge is 0.395 e. The first kappa shape index (κ1) is 21.3. The Labute approximate surface area is 185 Å². The van der Waals surface area contributed by atoms with Crippen LogP contribution >= 0.6 is 11.3 Å². The number of allylic oxidation sites excluding steroid dienone is 1. The Balaban J connectivity index is 1.25. The average Bonchev–Trinajstić information content (AvgIpc) is 3.42. The number of aliphatic hydroxyl groups excluding tert-OH is 1. The van der Waals surface area contributed by atoms with Gasteiger partial charge in [-0.3, -0.25) is 4.79 Å². The second kappa shape index (κ2) is 10.4. The number of aromatic nitrogens is 4. The molecule has 1 aromatic carbocycles. The summed E-state index contributed by atoms with van der Waals surface area (Å²) in [7, 11) is 0. The third kappa shape index (κ3) is 5.80. The minimum Gasteiger partial charge on any atom is -0.395 e. The molecule has 2 heterocycles.